The van der Waals surface area contributed by atoms with Crippen molar-refractivity contribution in [1.29, 1.82) is 0 Å². The molecule has 1 aromatic heterocycles. The van der Waals surface area contributed by atoms with Gasteiger partial charge in [-0.15, -0.1) is 0 Å². The maximum atomic E-state index is 10.7. The Morgan fingerprint density at radius 2 is 2.53 bits per heavy atom. The molecule has 5 heteroatoms. The van der Waals surface area contributed by atoms with E-state index in [0.717, 1.165) is 19.0 Å². The first-order valence-electron chi connectivity index (χ1n) is 6.10. The average Bonchev–Trinajstić information content (AvgIpc) is 2.78. The summed E-state index contributed by atoms with van der Waals surface area (Å²) in [6.07, 6.45) is 3.70. The number of piperidine rings is 1. The van der Waals surface area contributed by atoms with Crippen molar-refractivity contribution in [2.75, 3.05) is 13.1 Å². The maximum Gasteiger partial charge on any atom is 0.358 e. The van der Waals surface area contributed by atoms with E-state index >= 15 is 0 Å². The molecule has 0 spiro atoms. The van der Waals surface area contributed by atoms with Gasteiger partial charge in [0, 0.05) is 12.6 Å². The van der Waals surface area contributed by atoms with E-state index in [-0.39, 0.29) is 5.69 Å². The molecule has 0 saturated carbocycles. The van der Waals surface area contributed by atoms with Crippen LogP contribution in [0.1, 0.15) is 42.4 Å². The van der Waals surface area contributed by atoms with Crippen molar-refractivity contribution in [2.24, 2.45) is 5.92 Å². The molecule has 0 aliphatic carbocycles. The monoisotopic (exact) mass is 238 g/mol. The maximum absolute atomic E-state index is 10.7. The molecule has 0 aromatic carbocycles. The average molecular weight is 238 g/mol. The fourth-order valence-electron chi connectivity index (χ4n) is 2.34. The van der Waals surface area contributed by atoms with Gasteiger partial charge < -0.3 is 9.63 Å². The molecule has 1 aromatic rings. The Bertz CT molecular complexity index is 389. The summed E-state index contributed by atoms with van der Waals surface area (Å²) in [5.74, 6) is 0.356. The van der Waals surface area contributed by atoms with Crippen LogP contribution in [0, 0.1) is 5.92 Å². The number of aromatic nitrogens is 1. The topological polar surface area (TPSA) is 66.6 Å². The summed E-state index contributed by atoms with van der Waals surface area (Å²) in [4.78, 5) is 13.0. The Morgan fingerprint density at radius 3 is 3.18 bits per heavy atom. The molecule has 1 unspecified atom stereocenters. The molecule has 0 bridgehead atoms. The van der Waals surface area contributed by atoms with Gasteiger partial charge >= 0.3 is 5.97 Å². The van der Waals surface area contributed by atoms with E-state index in [1.54, 1.807) is 0 Å². The predicted octanol–water partition coefficient (Wildman–Crippen LogP) is 1.99. The molecule has 1 fully saturated rings. The second-order valence-electron chi connectivity index (χ2n) is 4.64. The van der Waals surface area contributed by atoms with Gasteiger partial charge in [0.1, 0.15) is 0 Å². The zero-order valence-electron chi connectivity index (χ0n) is 10.1. The summed E-state index contributed by atoms with van der Waals surface area (Å²) < 4.78 is 5.03. The summed E-state index contributed by atoms with van der Waals surface area (Å²) in [5, 5.41) is 12.3. The highest BCUT2D eigenvalue weighted by Crippen LogP contribution is 2.20. The van der Waals surface area contributed by atoms with E-state index in [4.69, 9.17) is 9.63 Å². The van der Waals surface area contributed by atoms with Crippen LogP contribution < -0.4 is 0 Å². The zero-order chi connectivity index (χ0) is 12.3. The van der Waals surface area contributed by atoms with Gasteiger partial charge in [0.05, 0.1) is 6.54 Å². The van der Waals surface area contributed by atoms with Crippen LogP contribution in [-0.2, 0) is 6.54 Å². The molecule has 1 aliphatic rings. The number of hydrogen-bond acceptors (Lipinski definition) is 4. The Kier molecular flexibility index (Phi) is 3.78. The number of rotatable bonds is 4. The molecule has 94 valence electrons. The molecule has 1 atom stereocenters. The van der Waals surface area contributed by atoms with Crippen LogP contribution in [0.2, 0.25) is 0 Å². The molecule has 1 saturated heterocycles. The van der Waals surface area contributed by atoms with Crippen molar-refractivity contribution < 1.29 is 14.4 Å². The largest absolute Gasteiger partial charge is 0.476 e. The third-order valence-electron chi connectivity index (χ3n) is 3.34. The summed E-state index contributed by atoms with van der Waals surface area (Å²) in [5.41, 5.74) is -0.0101. The number of nitrogens with zero attached hydrogens (tertiary/aromatic N) is 2. The second kappa shape index (κ2) is 5.31. The molecule has 2 rings (SSSR count). The molecular formula is C12H18N2O3. The fourth-order valence-corrected chi connectivity index (χ4v) is 2.34. The number of carboxylic acids is 1. The highest BCUT2D eigenvalue weighted by atomic mass is 16.5. The lowest BCUT2D eigenvalue weighted by atomic mass is 9.96. The van der Waals surface area contributed by atoms with Crippen LogP contribution in [0.4, 0.5) is 0 Å². The van der Waals surface area contributed by atoms with Crippen LogP contribution in [-0.4, -0.2) is 34.2 Å². The lowest BCUT2D eigenvalue weighted by molar-refractivity contribution is 0.0685. The van der Waals surface area contributed by atoms with Crippen LogP contribution in [0.25, 0.3) is 0 Å². The van der Waals surface area contributed by atoms with Crippen molar-refractivity contribution in [1.82, 2.24) is 10.1 Å². The van der Waals surface area contributed by atoms with E-state index in [1.807, 2.05) is 0 Å². The van der Waals surface area contributed by atoms with Crippen molar-refractivity contribution in [3.63, 3.8) is 0 Å². The molecular weight excluding hydrogens is 220 g/mol. The number of carbonyl (C=O) groups is 1. The van der Waals surface area contributed by atoms with Crippen molar-refractivity contribution in [3.8, 4) is 0 Å². The minimum Gasteiger partial charge on any atom is -0.476 e. The second-order valence-corrected chi connectivity index (χ2v) is 4.64. The van der Waals surface area contributed by atoms with Gasteiger partial charge in [-0.25, -0.2) is 4.79 Å². The van der Waals surface area contributed by atoms with Crippen LogP contribution in [0.15, 0.2) is 10.6 Å². The third-order valence-corrected chi connectivity index (χ3v) is 3.34. The van der Waals surface area contributed by atoms with E-state index < -0.39 is 5.97 Å². The van der Waals surface area contributed by atoms with Crippen LogP contribution in [0.5, 0.6) is 0 Å². The lowest BCUT2D eigenvalue weighted by Gasteiger charge is -2.31. The fraction of sp³-hybridized carbons (Fsp3) is 0.667. The van der Waals surface area contributed by atoms with E-state index in [9.17, 15) is 4.79 Å². The smallest absolute Gasteiger partial charge is 0.358 e. The minimum absolute atomic E-state index is 0.0101. The molecule has 2 heterocycles. The number of aromatic carboxylic acids is 1. The molecule has 0 amide bonds. The van der Waals surface area contributed by atoms with Gasteiger partial charge in [0.2, 0.25) is 0 Å². The molecule has 1 N–H and O–H groups in total. The normalized spacial score (nSPS) is 21.6. The molecule has 1 aliphatic heterocycles. The van der Waals surface area contributed by atoms with Crippen molar-refractivity contribution in [3.05, 3.63) is 17.5 Å². The molecule has 0 radical (unpaired) electrons. The van der Waals surface area contributed by atoms with Gasteiger partial charge in [-0.3, -0.25) is 4.90 Å². The van der Waals surface area contributed by atoms with Gasteiger partial charge in [-0.2, -0.15) is 0 Å². The highest BCUT2D eigenvalue weighted by Gasteiger charge is 2.20. The van der Waals surface area contributed by atoms with Crippen LogP contribution >= 0.6 is 0 Å². The Hall–Kier alpha value is -1.36. The van der Waals surface area contributed by atoms with Crippen LogP contribution in [0.3, 0.4) is 0 Å². The molecule has 17 heavy (non-hydrogen) atoms. The summed E-state index contributed by atoms with van der Waals surface area (Å²) >= 11 is 0. The Labute approximate surface area is 100 Å². The Morgan fingerprint density at radius 1 is 1.71 bits per heavy atom. The van der Waals surface area contributed by atoms with E-state index in [2.05, 4.69) is 17.0 Å². The minimum atomic E-state index is -1.04. The first-order chi connectivity index (χ1) is 8.19. The number of likely N-dealkylation sites (tertiary alicyclic amines) is 1. The van der Waals surface area contributed by atoms with Gasteiger partial charge in [0.15, 0.2) is 11.5 Å². The van der Waals surface area contributed by atoms with E-state index in [0.29, 0.717) is 12.3 Å². The summed E-state index contributed by atoms with van der Waals surface area (Å²) in [7, 11) is 0. The quantitative estimate of drug-likeness (QED) is 0.869. The van der Waals surface area contributed by atoms with E-state index in [1.165, 1.54) is 25.3 Å². The Balaban J connectivity index is 1.93. The van der Waals surface area contributed by atoms with Crippen molar-refractivity contribution >= 4 is 5.97 Å². The number of hydrogen-bond donors (Lipinski definition) is 1. The third kappa shape index (κ3) is 3.06. The first kappa shape index (κ1) is 12.1. The number of carboxylic acid groups (broad SMARTS) is 1. The van der Waals surface area contributed by atoms with Gasteiger partial charge in [-0.1, -0.05) is 18.5 Å². The standard InChI is InChI=1S/C12H18N2O3/c1-2-9-4-3-5-14(7-9)8-10-6-11(12(15)16)13-17-10/h6,9H,2-5,7-8H2,1H3,(H,15,16). The summed E-state index contributed by atoms with van der Waals surface area (Å²) in [6, 6.07) is 1.51. The van der Waals surface area contributed by atoms with Gasteiger partial charge in [-0.05, 0) is 25.3 Å². The highest BCUT2D eigenvalue weighted by molar-refractivity contribution is 5.85. The summed E-state index contributed by atoms with van der Waals surface area (Å²) in [6.45, 7) is 5.00. The first-order valence-corrected chi connectivity index (χ1v) is 6.10. The lowest BCUT2D eigenvalue weighted by Crippen LogP contribution is -2.34. The van der Waals surface area contributed by atoms with Crippen molar-refractivity contribution in [2.45, 2.75) is 32.7 Å². The SMILES string of the molecule is CCC1CCCN(Cc2cc(C(=O)O)no2)C1. The molecule has 5 nitrogen and oxygen atoms in total. The predicted molar refractivity (Wildman–Crippen MR) is 61.8 cm³/mol. The van der Waals surface area contributed by atoms with Gasteiger partial charge in [0.25, 0.3) is 0 Å². The zero-order valence-corrected chi connectivity index (χ0v) is 10.1.